The summed E-state index contributed by atoms with van der Waals surface area (Å²) in [4.78, 5) is 11.0. The van der Waals surface area contributed by atoms with Crippen molar-refractivity contribution in [1.29, 1.82) is 0 Å². The van der Waals surface area contributed by atoms with E-state index >= 15 is 0 Å². The fourth-order valence-electron chi connectivity index (χ4n) is 2.22. The van der Waals surface area contributed by atoms with Crippen molar-refractivity contribution >= 4 is 14.2 Å². The van der Waals surface area contributed by atoms with Crippen molar-refractivity contribution in [3.8, 4) is 0 Å². The third-order valence-corrected chi connectivity index (χ3v) is 6.78. The Morgan fingerprint density at radius 3 is 2.65 bits per heavy atom. The van der Waals surface area contributed by atoms with Gasteiger partial charge in [0.1, 0.15) is 0 Å². The highest BCUT2D eigenvalue weighted by Crippen LogP contribution is 2.19. The Balaban J connectivity index is 2.44. The van der Waals surface area contributed by atoms with Crippen molar-refractivity contribution in [3.05, 3.63) is 0 Å². The van der Waals surface area contributed by atoms with Crippen molar-refractivity contribution in [2.45, 2.75) is 76.7 Å². The van der Waals surface area contributed by atoms with Crippen LogP contribution in [0.3, 0.4) is 0 Å². The van der Waals surface area contributed by atoms with Crippen LogP contribution in [-0.4, -0.2) is 38.8 Å². The Labute approximate surface area is 123 Å². The van der Waals surface area contributed by atoms with E-state index in [2.05, 4.69) is 31.9 Å². The minimum absolute atomic E-state index is 0.298. The molecule has 1 rings (SSSR count). The van der Waals surface area contributed by atoms with Crippen LogP contribution in [0.25, 0.3) is 0 Å². The van der Waals surface area contributed by atoms with Gasteiger partial charge < -0.3 is 15.2 Å². The maximum atomic E-state index is 11.0. The molecule has 5 nitrogen and oxygen atoms in total. The van der Waals surface area contributed by atoms with Crippen LogP contribution in [0.15, 0.2) is 0 Å². The van der Waals surface area contributed by atoms with Gasteiger partial charge in [-0.15, -0.1) is 0 Å². The zero-order valence-corrected chi connectivity index (χ0v) is 14.3. The Kier molecular flexibility index (Phi) is 6.98. The molecule has 118 valence electrons. The summed E-state index contributed by atoms with van der Waals surface area (Å²) in [6.45, 7) is 9.87. The number of primary amides is 1. The predicted molar refractivity (Wildman–Crippen MR) is 83.2 cm³/mol. The third kappa shape index (κ3) is 6.72. The van der Waals surface area contributed by atoms with Crippen LogP contribution in [0.1, 0.15) is 39.0 Å². The minimum Gasteiger partial charge on any atom is -0.431 e. The molecule has 0 bridgehead atoms. The molecular formula is C14H30N2O3Si. The first-order chi connectivity index (χ1) is 9.29. The van der Waals surface area contributed by atoms with Crippen molar-refractivity contribution in [1.82, 2.24) is 5.32 Å². The molecule has 0 spiro atoms. The van der Waals surface area contributed by atoms with E-state index in [1.165, 1.54) is 6.42 Å². The quantitative estimate of drug-likeness (QED) is 0.560. The van der Waals surface area contributed by atoms with E-state index in [1.54, 1.807) is 0 Å². The summed E-state index contributed by atoms with van der Waals surface area (Å²) in [5.74, 6) is 0. The molecule has 6 heteroatoms. The summed E-state index contributed by atoms with van der Waals surface area (Å²) in [5.41, 5.74) is 5.53. The van der Waals surface area contributed by atoms with Gasteiger partial charge in [0.15, 0.2) is 6.23 Å². The molecule has 0 aromatic rings. The zero-order chi connectivity index (χ0) is 15.2. The van der Waals surface area contributed by atoms with Gasteiger partial charge in [-0.3, -0.25) is 5.32 Å². The molecule has 3 atom stereocenters. The number of carbonyl (C=O) groups is 1. The molecule has 1 aliphatic heterocycles. The summed E-state index contributed by atoms with van der Waals surface area (Å²) in [7, 11) is -1.32. The SMILES string of the molecule is C[C@@H](N[C@H](CC[C@@H]1CCCCO1)OC(N)=O)[Si](C)(C)C. The molecule has 3 N–H and O–H groups in total. The Bertz CT molecular complexity index is 301. The van der Waals surface area contributed by atoms with Gasteiger partial charge in [0.05, 0.1) is 14.2 Å². The lowest BCUT2D eigenvalue weighted by Gasteiger charge is -2.31. The Morgan fingerprint density at radius 2 is 2.15 bits per heavy atom. The number of hydrogen-bond acceptors (Lipinski definition) is 4. The molecule has 0 aromatic heterocycles. The van der Waals surface area contributed by atoms with Crippen molar-refractivity contribution in [3.63, 3.8) is 0 Å². The summed E-state index contributed by atoms with van der Waals surface area (Å²) >= 11 is 0. The average Bonchev–Trinajstić information content (AvgIpc) is 2.35. The van der Waals surface area contributed by atoms with E-state index in [1.807, 2.05) is 0 Å². The highest BCUT2D eigenvalue weighted by Gasteiger charge is 2.26. The van der Waals surface area contributed by atoms with E-state index < -0.39 is 14.2 Å². The van der Waals surface area contributed by atoms with E-state index in [-0.39, 0.29) is 6.23 Å². The molecule has 0 unspecified atom stereocenters. The van der Waals surface area contributed by atoms with Gasteiger partial charge >= 0.3 is 6.09 Å². The molecule has 1 amide bonds. The zero-order valence-electron chi connectivity index (χ0n) is 13.3. The normalized spacial score (nSPS) is 23.1. The standard InChI is InChI=1S/C14H30N2O3Si/c1-11(20(2,3)4)16-13(19-14(15)17)9-8-12-7-5-6-10-18-12/h11-13,16H,5-10H2,1-4H3,(H2,15,17)/t11-,12-,13-/m0/s1. The summed E-state index contributed by atoms with van der Waals surface area (Å²) in [6, 6.07) is 0. The molecule has 1 heterocycles. The van der Waals surface area contributed by atoms with Crippen LogP contribution in [0, 0.1) is 0 Å². The minimum atomic E-state index is -1.32. The van der Waals surface area contributed by atoms with Crippen molar-refractivity contribution < 1.29 is 14.3 Å². The number of amides is 1. The van der Waals surface area contributed by atoms with E-state index in [0.717, 1.165) is 32.3 Å². The second-order valence-corrected chi connectivity index (χ2v) is 12.3. The van der Waals surface area contributed by atoms with Gasteiger partial charge in [0.2, 0.25) is 0 Å². The van der Waals surface area contributed by atoms with Crippen LogP contribution < -0.4 is 11.1 Å². The van der Waals surface area contributed by atoms with E-state index in [0.29, 0.717) is 11.8 Å². The monoisotopic (exact) mass is 302 g/mol. The van der Waals surface area contributed by atoms with Gasteiger partial charge in [0, 0.05) is 18.7 Å². The van der Waals surface area contributed by atoms with Gasteiger partial charge in [0.25, 0.3) is 0 Å². The Hall–Kier alpha value is -0.593. The van der Waals surface area contributed by atoms with Crippen molar-refractivity contribution in [2.75, 3.05) is 6.61 Å². The van der Waals surface area contributed by atoms with Crippen LogP contribution >= 0.6 is 0 Å². The van der Waals surface area contributed by atoms with Gasteiger partial charge in [-0.25, -0.2) is 4.79 Å². The topological polar surface area (TPSA) is 73.6 Å². The van der Waals surface area contributed by atoms with Gasteiger partial charge in [-0.1, -0.05) is 26.6 Å². The molecule has 1 aliphatic rings. The molecule has 0 aromatic carbocycles. The number of nitrogens with two attached hydrogens (primary N) is 1. The first-order valence-electron chi connectivity index (χ1n) is 7.63. The molecule has 0 radical (unpaired) electrons. The van der Waals surface area contributed by atoms with Gasteiger partial charge in [-0.2, -0.15) is 0 Å². The molecule has 1 fully saturated rings. The molecule has 0 aliphatic carbocycles. The van der Waals surface area contributed by atoms with Crippen LogP contribution in [0.4, 0.5) is 4.79 Å². The smallest absolute Gasteiger partial charge is 0.406 e. The first-order valence-corrected chi connectivity index (χ1v) is 11.2. The highest BCUT2D eigenvalue weighted by molar-refractivity contribution is 6.77. The summed E-state index contributed by atoms with van der Waals surface area (Å²) < 4.78 is 10.9. The molecule has 1 saturated heterocycles. The fourth-order valence-corrected chi connectivity index (χ4v) is 2.90. The molecular weight excluding hydrogens is 272 g/mol. The third-order valence-electron chi connectivity index (χ3n) is 4.02. The number of rotatable bonds is 7. The lowest BCUT2D eigenvalue weighted by atomic mass is 10.0. The lowest BCUT2D eigenvalue weighted by molar-refractivity contribution is -0.00284. The first kappa shape index (κ1) is 17.5. The maximum absolute atomic E-state index is 11.0. The van der Waals surface area contributed by atoms with Crippen LogP contribution in [0.5, 0.6) is 0 Å². The lowest BCUT2D eigenvalue weighted by Crippen LogP contribution is -2.52. The van der Waals surface area contributed by atoms with Crippen LogP contribution in [0.2, 0.25) is 19.6 Å². The number of carbonyl (C=O) groups excluding carboxylic acids is 1. The largest absolute Gasteiger partial charge is 0.431 e. The number of ether oxygens (including phenoxy) is 2. The predicted octanol–water partition coefficient (Wildman–Crippen LogP) is 2.61. The molecule has 20 heavy (non-hydrogen) atoms. The fraction of sp³-hybridized carbons (Fsp3) is 0.929. The van der Waals surface area contributed by atoms with Crippen molar-refractivity contribution in [2.24, 2.45) is 5.73 Å². The van der Waals surface area contributed by atoms with E-state index in [9.17, 15) is 4.79 Å². The van der Waals surface area contributed by atoms with Crippen LogP contribution in [-0.2, 0) is 9.47 Å². The number of hydrogen-bond donors (Lipinski definition) is 2. The number of nitrogens with one attached hydrogen (secondary N) is 1. The highest BCUT2D eigenvalue weighted by atomic mass is 28.3. The summed E-state index contributed by atoms with van der Waals surface area (Å²) in [6.07, 6.45) is 4.42. The summed E-state index contributed by atoms with van der Waals surface area (Å²) in [5, 5.41) is 3.41. The second-order valence-electron chi connectivity index (χ2n) is 6.75. The van der Waals surface area contributed by atoms with E-state index in [4.69, 9.17) is 15.2 Å². The molecule has 0 saturated carbocycles. The Morgan fingerprint density at radius 1 is 1.45 bits per heavy atom. The second kappa shape index (κ2) is 8.00. The maximum Gasteiger partial charge on any atom is 0.406 e. The van der Waals surface area contributed by atoms with Gasteiger partial charge in [-0.05, 0) is 25.7 Å². The average molecular weight is 302 g/mol.